The van der Waals surface area contributed by atoms with Crippen molar-refractivity contribution in [2.45, 2.75) is 23.8 Å². The number of ether oxygens (including phenoxy) is 1. The molecule has 88 valence electrons. The van der Waals surface area contributed by atoms with Gasteiger partial charge in [0, 0.05) is 11.5 Å². The van der Waals surface area contributed by atoms with Gasteiger partial charge in [0.15, 0.2) is 0 Å². The summed E-state index contributed by atoms with van der Waals surface area (Å²) < 4.78 is 17.4. The van der Waals surface area contributed by atoms with Crippen molar-refractivity contribution in [1.29, 1.82) is 0 Å². The van der Waals surface area contributed by atoms with Crippen molar-refractivity contribution in [3.05, 3.63) is 23.2 Å². The SMILES string of the molecule is Nc1ccc(S(=O)CC2CCCO2)cc1Cl. The first-order chi connectivity index (χ1) is 7.66. The van der Waals surface area contributed by atoms with E-state index in [-0.39, 0.29) is 6.10 Å². The molecule has 1 aliphatic heterocycles. The molecule has 3 nitrogen and oxygen atoms in total. The van der Waals surface area contributed by atoms with Crippen molar-refractivity contribution in [1.82, 2.24) is 0 Å². The molecule has 5 heteroatoms. The molecular formula is C11H14ClNO2S. The largest absolute Gasteiger partial charge is 0.398 e. The van der Waals surface area contributed by atoms with Gasteiger partial charge in [0.2, 0.25) is 0 Å². The van der Waals surface area contributed by atoms with Crippen LogP contribution in [0.3, 0.4) is 0 Å². The number of benzene rings is 1. The fraction of sp³-hybridized carbons (Fsp3) is 0.455. The summed E-state index contributed by atoms with van der Waals surface area (Å²) in [6, 6.07) is 5.11. The molecule has 0 aliphatic carbocycles. The highest BCUT2D eigenvalue weighted by atomic mass is 35.5. The molecule has 2 unspecified atom stereocenters. The molecule has 1 heterocycles. The summed E-state index contributed by atoms with van der Waals surface area (Å²) in [6.45, 7) is 0.782. The Balaban J connectivity index is 2.05. The first-order valence-corrected chi connectivity index (χ1v) is 6.91. The van der Waals surface area contributed by atoms with Crippen LogP contribution in [0, 0.1) is 0 Å². The van der Waals surface area contributed by atoms with E-state index in [1.54, 1.807) is 18.2 Å². The molecule has 1 aromatic carbocycles. The second kappa shape index (κ2) is 5.17. The summed E-state index contributed by atoms with van der Waals surface area (Å²) in [5, 5.41) is 0.457. The van der Waals surface area contributed by atoms with E-state index < -0.39 is 10.8 Å². The molecule has 0 bridgehead atoms. The number of hydrogen-bond donors (Lipinski definition) is 1. The average Bonchev–Trinajstić information content (AvgIpc) is 2.74. The topological polar surface area (TPSA) is 52.3 Å². The van der Waals surface area contributed by atoms with Crippen LogP contribution >= 0.6 is 11.6 Å². The Morgan fingerprint density at radius 3 is 3.00 bits per heavy atom. The summed E-state index contributed by atoms with van der Waals surface area (Å²) in [5.74, 6) is 0.542. The third-order valence-corrected chi connectivity index (χ3v) is 4.38. The predicted octanol–water partition coefficient (Wildman–Crippen LogP) is 2.21. The molecule has 16 heavy (non-hydrogen) atoms. The Kier molecular flexibility index (Phi) is 3.84. The number of nitrogen functional groups attached to an aromatic ring is 1. The summed E-state index contributed by atoms with van der Waals surface area (Å²) in [4.78, 5) is 0.717. The second-order valence-corrected chi connectivity index (χ2v) is 5.73. The lowest BCUT2D eigenvalue weighted by Gasteiger charge is -2.09. The van der Waals surface area contributed by atoms with E-state index in [0.717, 1.165) is 24.3 Å². The minimum Gasteiger partial charge on any atom is -0.398 e. The highest BCUT2D eigenvalue weighted by Gasteiger charge is 2.19. The number of halogens is 1. The van der Waals surface area contributed by atoms with E-state index in [0.29, 0.717) is 16.5 Å². The van der Waals surface area contributed by atoms with E-state index in [1.807, 2.05) is 0 Å². The van der Waals surface area contributed by atoms with E-state index in [1.165, 1.54) is 0 Å². The number of hydrogen-bond acceptors (Lipinski definition) is 3. The van der Waals surface area contributed by atoms with Crippen LogP contribution in [0.2, 0.25) is 5.02 Å². The van der Waals surface area contributed by atoms with Crippen LogP contribution in [0.5, 0.6) is 0 Å². The molecular weight excluding hydrogens is 246 g/mol. The van der Waals surface area contributed by atoms with Crippen molar-refractivity contribution in [3.8, 4) is 0 Å². The normalized spacial score (nSPS) is 22.2. The molecule has 2 rings (SSSR count). The molecule has 0 amide bonds. The van der Waals surface area contributed by atoms with Crippen molar-refractivity contribution in [2.24, 2.45) is 0 Å². The van der Waals surface area contributed by atoms with E-state index in [4.69, 9.17) is 22.1 Å². The van der Waals surface area contributed by atoms with Gasteiger partial charge in [-0.25, -0.2) is 0 Å². The number of rotatable bonds is 3. The van der Waals surface area contributed by atoms with Crippen LogP contribution in [0.15, 0.2) is 23.1 Å². The summed E-state index contributed by atoms with van der Waals surface area (Å²) in [5.41, 5.74) is 6.11. The van der Waals surface area contributed by atoms with E-state index >= 15 is 0 Å². The number of anilines is 1. The van der Waals surface area contributed by atoms with Crippen LogP contribution in [-0.4, -0.2) is 22.7 Å². The zero-order valence-corrected chi connectivity index (χ0v) is 10.4. The van der Waals surface area contributed by atoms with Crippen molar-refractivity contribution >= 4 is 28.1 Å². The van der Waals surface area contributed by atoms with Crippen LogP contribution in [0.1, 0.15) is 12.8 Å². The Labute approximate surface area is 102 Å². The maximum absolute atomic E-state index is 12.0. The second-order valence-electron chi connectivity index (χ2n) is 3.83. The highest BCUT2D eigenvalue weighted by molar-refractivity contribution is 7.85. The number of nitrogens with two attached hydrogens (primary N) is 1. The summed E-state index contributed by atoms with van der Waals surface area (Å²) >= 11 is 5.88. The lowest BCUT2D eigenvalue weighted by atomic mass is 10.3. The molecule has 2 N–H and O–H groups in total. The Morgan fingerprint density at radius 2 is 2.38 bits per heavy atom. The van der Waals surface area contributed by atoms with E-state index in [9.17, 15) is 4.21 Å². The summed E-state index contributed by atoms with van der Waals surface area (Å²) in [6.07, 6.45) is 2.18. The van der Waals surface area contributed by atoms with Gasteiger partial charge in [0.1, 0.15) is 0 Å². The summed E-state index contributed by atoms with van der Waals surface area (Å²) in [7, 11) is -1.06. The quantitative estimate of drug-likeness (QED) is 0.847. The molecule has 0 saturated carbocycles. The fourth-order valence-electron chi connectivity index (χ4n) is 1.69. The van der Waals surface area contributed by atoms with Crippen LogP contribution in [0.25, 0.3) is 0 Å². The molecule has 1 aromatic rings. The van der Waals surface area contributed by atoms with Gasteiger partial charge in [0.05, 0.1) is 33.4 Å². The Hall–Kier alpha value is -0.580. The maximum Gasteiger partial charge on any atom is 0.0694 e. The standard InChI is InChI=1S/C11H14ClNO2S/c12-10-6-9(3-4-11(10)13)16(14)7-8-2-1-5-15-8/h3-4,6,8H,1-2,5,7,13H2. The third kappa shape index (κ3) is 2.75. The molecule has 1 saturated heterocycles. The fourth-order valence-corrected chi connectivity index (χ4v) is 3.20. The Morgan fingerprint density at radius 1 is 1.56 bits per heavy atom. The van der Waals surface area contributed by atoms with Gasteiger partial charge in [0.25, 0.3) is 0 Å². The van der Waals surface area contributed by atoms with Gasteiger partial charge >= 0.3 is 0 Å². The van der Waals surface area contributed by atoms with Gasteiger partial charge < -0.3 is 10.5 Å². The first-order valence-electron chi connectivity index (χ1n) is 5.22. The van der Waals surface area contributed by atoms with Crippen molar-refractivity contribution in [2.75, 3.05) is 18.1 Å². The molecule has 0 aromatic heterocycles. The molecule has 0 spiro atoms. The molecule has 0 radical (unpaired) electrons. The lowest BCUT2D eigenvalue weighted by molar-refractivity contribution is 0.128. The van der Waals surface area contributed by atoms with Gasteiger partial charge in [-0.05, 0) is 31.0 Å². The smallest absolute Gasteiger partial charge is 0.0694 e. The van der Waals surface area contributed by atoms with Gasteiger partial charge in [-0.3, -0.25) is 4.21 Å². The molecule has 2 atom stereocenters. The zero-order valence-electron chi connectivity index (χ0n) is 8.82. The van der Waals surface area contributed by atoms with Gasteiger partial charge in [-0.15, -0.1) is 0 Å². The monoisotopic (exact) mass is 259 g/mol. The highest BCUT2D eigenvalue weighted by Crippen LogP contribution is 2.23. The minimum absolute atomic E-state index is 0.122. The van der Waals surface area contributed by atoms with Crippen molar-refractivity contribution < 1.29 is 8.95 Å². The van der Waals surface area contributed by atoms with Crippen LogP contribution < -0.4 is 5.73 Å². The van der Waals surface area contributed by atoms with Crippen molar-refractivity contribution in [3.63, 3.8) is 0 Å². The lowest BCUT2D eigenvalue weighted by Crippen LogP contribution is -2.15. The first kappa shape index (κ1) is 11.9. The van der Waals surface area contributed by atoms with Crippen LogP contribution in [-0.2, 0) is 15.5 Å². The average molecular weight is 260 g/mol. The zero-order chi connectivity index (χ0) is 11.5. The van der Waals surface area contributed by atoms with Crippen LogP contribution in [0.4, 0.5) is 5.69 Å². The Bertz CT molecular complexity index is 405. The molecule has 1 aliphatic rings. The van der Waals surface area contributed by atoms with E-state index in [2.05, 4.69) is 0 Å². The maximum atomic E-state index is 12.0. The molecule has 1 fully saturated rings. The van der Waals surface area contributed by atoms with Gasteiger partial charge in [-0.1, -0.05) is 11.6 Å². The predicted molar refractivity (Wildman–Crippen MR) is 66.1 cm³/mol. The minimum atomic E-state index is -1.06. The van der Waals surface area contributed by atoms with Gasteiger partial charge in [-0.2, -0.15) is 0 Å². The third-order valence-electron chi connectivity index (χ3n) is 2.60.